The van der Waals surface area contributed by atoms with Gasteiger partial charge in [-0.3, -0.25) is 14.2 Å². The number of nitrogens with one attached hydrogen (secondary N) is 1. The smallest absolute Gasteiger partial charge is 0.263 e. The van der Waals surface area contributed by atoms with E-state index >= 15 is 0 Å². The molecule has 0 spiro atoms. The Morgan fingerprint density at radius 3 is 2.61 bits per heavy atom. The molecule has 0 fully saturated rings. The summed E-state index contributed by atoms with van der Waals surface area (Å²) in [5.74, 6) is -0.197. The quantitative estimate of drug-likeness (QED) is 0.488. The standard InChI is InChI=1S/C23H20FN3O3S/c1-13(21(28)26-17-6-4-5-7-18(17)30-3)27-12-25-22-20(23(27)29)19(14(2)31-22)15-8-10-16(24)11-9-15/h4-13H,1-3H3,(H,26,28). The number of carbonyl (C=O) groups excluding carboxylic acids is 1. The van der Waals surface area contributed by atoms with Gasteiger partial charge in [-0.2, -0.15) is 0 Å². The van der Waals surface area contributed by atoms with Crippen LogP contribution in [0.2, 0.25) is 0 Å². The molecule has 0 radical (unpaired) electrons. The van der Waals surface area contributed by atoms with E-state index in [4.69, 9.17) is 4.74 Å². The first-order valence-electron chi connectivity index (χ1n) is 9.60. The summed E-state index contributed by atoms with van der Waals surface area (Å²) >= 11 is 1.39. The Morgan fingerprint density at radius 2 is 1.90 bits per heavy atom. The van der Waals surface area contributed by atoms with Crippen molar-refractivity contribution in [3.63, 3.8) is 0 Å². The van der Waals surface area contributed by atoms with Crippen LogP contribution in [0.25, 0.3) is 21.3 Å². The van der Waals surface area contributed by atoms with Crippen molar-refractivity contribution in [1.82, 2.24) is 9.55 Å². The van der Waals surface area contributed by atoms with Crippen molar-refractivity contribution in [3.05, 3.63) is 75.9 Å². The molecular weight excluding hydrogens is 417 g/mol. The lowest BCUT2D eigenvalue weighted by molar-refractivity contribution is -0.118. The molecule has 6 nitrogen and oxygen atoms in total. The first-order valence-corrected chi connectivity index (χ1v) is 10.4. The molecule has 0 aliphatic heterocycles. The van der Waals surface area contributed by atoms with Gasteiger partial charge in [-0.25, -0.2) is 9.37 Å². The maximum absolute atomic E-state index is 13.4. The van der Waals surface area contributed by atoms with Crippen LogP contribution in [0.1, 0.15) is 17.8 Å². The zero-order valence-corrected chi connectivity index (χ0v) is 18.0. The number of fused-ring (bicyclic) bond motifs is 1. The number of aromatic nitrogens is 2. The number of benzene rings is 2. The maximum Gasteiger partial charge on any atom is 0.263 e. The monoisotopic (exact) mass is 437 g/mol. The van der Waals surface area contributed by atoms with E-state index in [2.05, 4.69) is 10.3 Å². The average Bonchev–Trinajstić information content (AvgIpc) is 3.11. The summed E-state index contributed by atoms with van der Waals surface area (Å²) < 4.78 is 20.0. The van der Waals surface area contributed by atoms with Crippen LogP contribution in [0.15, 0.2) is 59.7 Å². The highest BCUT2D eigenvalue weighted by molar-refractivity contribution is 7.19. The number of rotatable bonds is 5. The van der Waals surface area contributed by atoms with E-state index in [1.165, 1.54) is 41.5 Å². The van der Waals surface area contributed by atoms with E-state index < -0.39 is 6.04 Å². The number of amides is 1. The van der Waals surface area contributed by atoms with Gasteiger partial charge in [0.15, 0.2) is 0 Å². The highest BCUT2D eigenvalue weighted by Gasteiger charge is 2.22. The van der Waals surface area contributed by atoms with Crippen molar-refractivity contribution >= 4 is 33.1 Å². The third-order valence-electron chi connectivity index (χ3n) is 5.11. The molecule has 2 heterocycles. The van der Waals surface area contributed by atoms with Gasteiger partial charge < -0.3 is 10.1 Å². The summed E-state index contributed by atoms with van der Waals surface area (Å²) in [6.07, 6.45) is 1.39. The summed E-state index contributed by atoms with van der Waals surface area (Å²) in [6, 6.07) is 12.2. The molecule has 0 aliphatic rings. The molecule has 1 unspecified atom stereocenters. The lowest BCUT2D eigenvalue weighted by Crippen LogP contribution is -2.31. The number of aryl methyl sites for hydroxylation is 1. The SMILES string of the molecule is COc1ccccc1NC(=O)C(C)n1cnc2sc(C)c(-c3ccc(F)cc3)c2c1=O. The molecule has 158 valence electrons. The number of thiophene rings is 1. The summed E-state index contributed by atoms with van der Waals surface area (Å²) in [5, 5.41) is 3.23. The van der Waals surface area contributed by atoms with Crippen LogP contribution in [0.4, 0.5) is 10.1 Å². The van der Waals surface area contributed by atoms with Crippen molar-refractivity contribution in [3.8, 4) is 16.9 Å². The zero-order chi connectivity index (χ0) is 22.1. The van der Waals surface area contributed by atoms with Gasteiger partial charge >= 0.3 is 0 Å². The predicted octanol–water partition coefficient (Wildman–Crippen LogP) is 4.78. The second kappa shape index (κ2) is 8.31. The first kappa shape index (κ1) is 20.7. The lowest BCUT2D eigenvalue weighted by atomic mass is 10.0. The van der Waals surface area contributed by atoms with Gasteiger partial charge in [0.1, 0.15) is 22.4 Å². The third-order valence-corrected chi connectivity index (χ3v) is 6.12. The van der Waals surface area contributed by atoms with Crippen LogP contribution < -0.4 is 15.6 Å². The number of hydrogen-bond acceptors (Lipinski definition) is 5. The Morgan fingerprint density at radius 1 is 1.19 bits per heavy atom. The number of para-hydroxylation sites is 2. The fourth-order valence-electron chi connectivity index (χ4n) is 3.47. The van der Waals surface area contributed by atoms with Crippen LogP contribution in [-0.2, 0) is 4.79 Å². The first-order chi connectivity index (χ1) is 14.9. The number of carbonyl (C=O) groups is 1. The average molecular weight is 437 g/mol. The van der Waals surface area contributed by atoms with Crippen molar-refractivity contribution in [2.24, 2.45) is 0 Å². The minimum atomic E-state index is -0.810. The van der Waals surface area contributed by atoms with Gasteiger partial charge in [-0.1, -0.05) is 24.3 Å². The fourth-order valence-corrected chi connectivity index (χ4v) is 4.47. The lowest BCUT2D eigenvalue weighted by Gasteiger charge is -2.16. The topological polar surface area (TPSA) is 73.2 Å². The molecule has 0 aliphatic carbocycles. The number of ether oxygens (including phenoxy) is 1. The Balaban J connectivity index is 1.75. The van der Waals surface area contributed by atoms with Gasteiger partial charge in [0.25, 0.3) is 5.56 Å². The molecule has 0 bridgehead atoms. The highest BCUT2D eigenvalue weighted by Crippen LogP contribution is 2.35. The van der Waals surface area contributed by atoms with Gasteiger partial charge in [-0.15, -0.1) is 11.3 Å². The van der Waals surface area contributed by atoms with Crippen LogP contribution in [-0.4, -0.2) is 22.6 Å². The van der Waals surface area contributed by atoms with Crippen LogP contribution >= 0.6 is 11.3 Å². The van der Waals surface area contributed by atoms with E-state index in [9.17, 15) is 14.0 Å². The molecule has 0 saturated carbocycles. The normalized spacial score (nSPS) is 12.0. The highest BCUT2D eigenvalue weighted by atomic mass is 32.1. The van der Waals surface area contributed by atoms with Crippen molar-refractivity contribution < 1.29 is 13.9 Å². The van der Waals surface area contributed by atoms with Crippen molar-refractivity contribution in [1.29, 1.82) is 0 Å². The van der Waals surface area contributed by atoms with Gasteiger partial charge in [0.05, 0.1) is 24.5 Å². The minimum Gasteiger partial charge on any atom is -0.495 e. The number of methoxy groups -OCH3 is 1. The molecule has 1 N–H and O–H groups in total. The number of nitrogens with zero attached hydrogens (tertiary/aromatic N) is 2. The molecule has 4 aromatic rings. The molecular formula is C23H20FN3O3S. The maximum atomic E-state index is 13.4. The number of hydrogen-bond donors (Lipinski definition) is 1. The second-order valence-corrected chi connectivity index (χ2v) is 8.25. The zero-order valence-electron chi connectivity index (χ0n) is 17.2. The van der Waals surface area contributed by atoms with E-state index in [1.807, 2.05) is 6.92 Å². The molecule has 31 heavy (non-hydrogen) atoms. The van der Waals surface area contributed by atoms with Gasteiger partial charge in [0, 0.05) is 10.4 Å². The van der Waals surface area contributed by atoms with Gasteiger partial charge in [0.2, 0.25) is 5.91 Å². The Bertz CT molecular complexity index is 1330. The fraction of sp³-hybridized carbons (Fsp3) is 0.174. The second-order valence-electron chi connectivity index (χ2n) is 7.04. The van der Waals surface area contributed by atoms with Crippen LogP contribution in [0, 0.1) is 12.7 Å². The molecule has 2 aromatic carbocycles. The summed E-state index contributed by atoms with van der Waals surface area (Å²) in [5.41, 5.74) is 1.63. The molecule has 1 atom stereocenters. The Kier molecular flexibility index (Phi) is 5.56. The number of halogens is 1. The molecule has 8 heteroatoms. The molecule has 4 rings (SSSR count). The van der Waals surface area contributed by atoms with E-state index in [0.717, 1.165) is 10.4 Å². The van der Waals surface area contributed by atoms with E-state index in [0.29, 0.717) is 27.2 Å². The van der Waals surface area contributed by atoms with E-state index in [-0.39, 0.29) is 17.3 Å². The number of anilines is 1. The predicted molar refractivity (Wildman–Crippen MR) is 120 cm³/mol. The molecule has 1 amide bonds. The summed E-state index contributed by atoms with van der Waals surface area (Å²) in [4.78, 5) is 32.1. The van der Waals surface area contributed by atoms with Crippen molar-refractivity contribution in [2.45, 2.75) is 19.9 Å². The van der Waals surface area contributed by atoms with E-state index in [1.54, 1.807) is 43.3 Å². The summed E-state index contributed by atoms with van der Waals surface area (Å²) in [6.45, 7) is 3.53. The third kappa shape index (κ3) is 3.82. The van der Waals surface area contributed by atoms with Crippen molar-refractivity contribution in [2.75, 3.05) is 12.4 Å². The van der Waals surface area contributed by atoms with Crippen LogP contribution in [0.3, 0.4) is 0 Å². The Hall–Kier alpha value is -3.52. The Labute approximate surface area is 181 Å². The van der Waals surface area contributed by atoms with Gasteiger partial charge in [-0.05, 0) is 43.7 Å². The van der Waals surface area contributed by atoms with Crippen LogP contribution in [0.5, 0.6) is 5.75 Å². The largest absolute Gasteiger partial charge is 0.495 e. The summed E-state index contributed by atoms with van der Waals surface area (Å²) in [7, 11) is 1.52. The minimum absolute atomic E-state index is 0.323. The molecule has 0 saturated heterocycles. The molecule has 2 aromatic heterocycles.